The third-order valence-corrected chi connectivity index (χ3v) is 10.4. The number of aliphatic hydroxyl groups is 1. The van der Waals surface area contributed by atoms with Crippen molar-refractivity contribution in [3.05, 3.63) is 60.4 Å². The van der Waals surface area contributed by atoms with Crippen LogP contribution in [0.2, 0.25) is 0 Å². The van der Waals surface area contributed by atoms with Crippen molar-refractivity contribution in [2.24, 2.45) is 5.92 Å². The van der Waals surface area contributed by atoms with Gasteiger partial charge in [-0.25, -0.2) is 32.2 Å². The average Bonchev–Trinajstić information content (AvgIpc) is 3.86. The molecule has 2 saturated carbocycles. The topological polar surface area (TPSA) is 144 Å². The van der Waals surface area contributed by atoms with Crippen LogP contribution in [0.15, 0.2) is 49.3 Å². The van der Waals surface area contributed by atoms with Crippen molar-refractivity contribution in [3.8, 4) is 23.2 Å². The Morgan fingerprint density at radius 2 is 1.82 bits per heavy atom. The van der Waals surface area contributed by atoms with E-state index in [4.69, 9.17) is 0 Å². The molecule has 4 aromatic rings. The molecule has 4 aromatic heterocycles. The van der Waals surface area contributed by atoms with Crippen LogP contribution in [0.4, 0.5) is 26.1 Å². The van der Waals surface area contributed by atoms with E-state index in [0.717, 1.165) is 42.1 Å². The summed E-state index contributed by atoms with van der Waals surface area (Å²) in [6.45, 7) is 1.73. The van der Waals surface area contributed by atoms with Gasteiger partial charge in [0.25, 0.3) is 15.9 Å². The molecule has 1 atom stereocenters. The van der Waals surface area contributed by atoms with Gasteiger partial charge in [0.1, 0.15) is 17.7 Å². The molecule has 45 heavy (non-hydrogen) atoms. The normalized spacial score (nSPS) is 19.6. The number of rotatable bonds is 9. The highest BCUT2D eigenvalue weighted by molar-refractivity contribution is 7.90. The molecule has 12 nitrogen and oxygen atoms in total. The lowest BCUT2D eigenvalue weighted by Crippen LogP contribution is -2.34. The molecular formula is C30H31F2N9O3S. The second kappa shape index (κ2) is 11.5. The summed E-state index contributed by atoms with van der Waals surface area (Å²) < 4.78 is 54.3. The van der Waals surface area contributed by atoms with Gasteiger partial charge >= 0.3 is 0 Å². The number of alkyl halides is 2. The Morgan fingerprint density at radius 1 is 1.02 bits per heavy atom. The number of nitrogens with zero attached hydrogens (tertiary/aromatic N) is 8. The molecule has 1 aliphatic heterocycles. The molecule has 3 aliphatic rings. The number of hydrogen-bond acceptors (Lipinski definition) is 10. The molecule has 1 saturated heterocycles. The summed E-state index contributed by atoms with van der Waals surface area (Å²) in [4.78, 5) is 15.7. The van der Waals surface area contributed by atoms with Gasteiger partial charge in [0.15, 0.2) is 5.82 Å². The first kappa shape index (κ1) is 29.3. The first-order valence-corrected chi connectivity index (χ1v) is 16.4. The van der Waals surface area contributed by atoms with Crippen molar-refractivity contribution in [2.75, 3.05) is 29.9 Å². The van der Waals surface area contributed by atoms with E-state index < -0.39 is 22.0 Å². The van der Waals surface area contributed by atoms with Crippen LogP contribution in [0.1, 0.15) is 55.7 Å². The Morgan fingerprint density at radius 3 is 2.56 bits per heavy atom. The van der Waals surface area contributed by atoms with Crippen molar-refractivity contribution < 1.29 is 22.3 Å². The largest absolute Gasteiger partial charge is 0.396 e. The van der Waals surface area contributed by atoms with Crippen molar-refractivity contribution in [1.82, 2.24) is 33.9 Å². The van der Waals surface area contributed by atoms with Crippen LogP contribution >= 0.6 is 0 Å². The molecule has 3 fully saturated rings. The predicted octanol–water partition coefficient (Wildman–Crippen LogP) is 3.59. The standard InChI is InChI=1S/C30H31F2N9O3S/c31-30(32)14-26(30)40-18-21(15-35-40)1-2-22-16-34-28(13-25(22)39-10-6-20(7-11-39)8-12-42)37-27-5-9-33-29(38-27)23-17-36-41(19-23)45(43,44)24-3-4-24/h5,9,13,15-20,24,26,42H,3-4,6-8,10-12,14H2,(H,33,34,37,38). The zero-order chi connectivity index (χ0) is 31.2. The molecule has 1 unspecified atom stereocenters. The lowest BCUT2D eigenvalue weighted by atomic mass is 9.93. The highest BCUT2D eigenvalue weighted by atomic mass is 32.2. The maximum atomic E-state index is 13.5. The fourth-order valence-corrected chi connectivity index (χ4v) is 6.97. The average molecular weight is 636 g/mol. The SMILES string of the molecule is O=S(=O)(C1CC1)n1cc(-c2nccc(Nc3cc(N4CCC(CCO)CC4)c(C#Cc4cnn(C5CC5(F)F)c4)cn3)n2)cn1. The fourth-order valence-electron chi connectivity index (χ4n) is 5.49. The summed E-state index contributed by atoms with van der Waals surface area (Å²) in [6.07, 6.45) is 12.8. The summed E-state index contributed by atoms with van der Waals surface area (Å²) >= 11 is 0. The molecule has 0 bridgehead atoms. The maximum Gasteiger partial charge on any atom is 0.272 e. The molecule has 15 heteroatoms. The Balaban J connectivity index is 1.13. The highest BCUT2D eigenvalue weighted by Crippen LogP contribution is 2.52. The number of halogens is 2. The van der Waals surface area contributed by atoms with E-state index in [9.17, 15) is 22.3 Å². The molecule has 0 amide bonds. The second-order valence-electron chi connectivity index (χ2n) is 11.7. The molecule has 5 heterocycles. The first-order chi connectivity index (χ1) is 21.7. The number of hydrogen-bond donors (Lipinski definition) is 2. The van der Waals surface area contributed by atoms with Crippen molar-refractivity contribution in [2.45, 2.75) is 55.7 Å². The highest BCUT2D eigenvalue weighted by Gasteiger charge is 2.59. The molecule has 2 N–H and O–H groups in total. The Labute approximate surface area is 258 Å². The number of nitrogens with one attached hydrogen (secondary N) is 1. The molecule has 0 radical (unpaired) electrons. The van der Waals surface area contributed by atoms with E-state index in [-0.39, 0.29) is 18.3 Å². The smallest absolute Gasteiger partial charge is 0.272 e. The minimum atomic E-state index is -3.50. The Kier molecular flexibility index (Phi) is 7.49. The fraction of sp³-hybridized carbons (Fsp3) is 0.433. The lowest BCUT2D eigenvalue weighted by Gasteiger charge is -2.34. The van der Waals surface area contributed by atoms with Crippen molar-refractivity contribution >= 4 is 27.3 Å². The number of anilines is 3. The zero-order valence-electron chi connectivity index (χ0n) is 24.2. The van der Waals surface area contributed by atoms with Crippen LogP contribution in [0.3, 0.4) is 0 Å². The molecule has 7 rings (SSSR count). The van der Waals surface area contributed by atoms with Crippen LogP contribution in [-0.4, -0.2) is 78.3 Å². The number of aromatic nitrogens is 7. The van der Waals surface area contributed by atoms with E-state index in [1.165, 1.54) is 23.3 Å². The number of aliphatic hydroxyl groups excluding tert-OH is 1. The van der Waals surface area contributed by atoms with Gasteiger partial charge in [-0.1, -0.05) is 11.8 Å². The lowest BCUT2D eigenvalue weighted by molar-refractivity contribution is 0.0983. The minimum Gasteiger partial charge on any atom is -0.396 e. The van der Waals surface area contributed by atoms with E-state index >= 15 is 0 Å². The third kappa shape index (κ3) is 6.25. The van der Waals surface area contributed by atoms with Crippen LogP contribution in [0.5, 0.6) is 0 Å². The molecular weight excluding hydrogens is 604 g/mol. The maximum absolute atomic E-state index is 13.5. The second-order valence-corrected chi connectivity index (χ2v) is 13.8. The molecule has 2 aliphatic carbocycles. The van der Waals surface area contributed by atoms with Gasteiger partial charge in [0, 0.05) is 50.8 Å². The van der Waals surface area contributed by atoms with Gasteiger partial charge in [0.05, 0.1) is 46.2 Å². The Bertz CT molecular complexity index is 1890. The van der Waals surface area contributed by atoms with Crippen molar-refractivity contribution in [3.63, 3.8) is 0 Å². The van der Waals surface area contributed by atoms with Crippen LogP contribution in [0, 0.1) is 17.8 Å². The quantitative estimate of drug-likeness (QED) is 0.262. The van der Waals surface area contributed by atoms with Gasteiger partial charge < -0.3 is 15.3 Å². The van der Waals surface area contributed by atoms with Gasteiger partial charge in [-0.05, 0) is 44.1 Å². The van der Waals surface area contributed by atoms with Gasteiger partial charge in [-0.15, -0.1) is 0 Å². The van der Waals surface area contributed by atoms with E-state index in [1.54, 1.807) is 24.7 Å². The number of pyridine rings is 1. The summed E-state index contributed by atoms with van der Waals surface area (Å²) in [6, 6.07) is 2.67. The monoisotopic (exact) mass is 635 g/mol. The van der Waals surface area contributed by atoms with Crippen LogP contribution in [0.25, 0.3) is 11.4 Å². The van der Waals surface area contributed by atoms with E-state index in [0.29, 0.717) is 52.9 Å². The van der Waals surface area contributed by atoms with Crippen LogP contribution in [-0.2, 0) is 10.0 Å². The molecule has 234 valence electrons. The summed E-state index contributed by atoms with van der Waals surface area (Å²) in [5, 5.41) is 20.3. The van der Waals surface area contributed by atoms with Gasteiger partial charge in [-0.2, -0.15) is 14.3 Å². The predicted molar refractivity (Wildman–Crippen MR) is 162 cm³/mol. The van der Waals surface area contributed by atoms with E-state index in [1.807, 2.05) is 6.07 Å². The minimum absolute atomic E-state index is 0.170. The van der Waals surface area contributed by atoms with Crippen molar-refractivity contribution in [1.29, 1.82) is 0 Å². The van der Waals surface area contributed by atoms with Gasteiger partial charge in [0.2, 0.25) is 0 Å². The zero-order valence-corrected chi connectivity index (χ0v) is 25.0. The molecule has 0 aromatic carbocycles. The summed E-state index contributed by atoms with van der Waals surface area (Å²) in [5.74, 6) is 5.24. The first-order valence-electron chi connectivity index (χ1n) is 14.9. The number of piperidine rings is 1. The summed E-state index contributed by atoms with van der Waals surface area (Å²) in [5.41, 5.74) is 2.55. The Hall–Kier alpha value is -4.42. The van der Waals surface area contributed by atoms with Crippen LogP contribution < -0.4 is 10.2 Å². The molecule has 0 spiro atoms. The van der Waals surface area contributed by atoms with Gasteiger partial charge in [-0.3, -0.25) is 4.68 Å². The van der Waals surface area contributed by atoms with E-state index in [2.05, 4.69) is 47.2 Å². The summed E-state index contributed by atoms with van der Waals surface area (Å²) in [7, 11) is -3.50. The third-order valence-electron chi connectivity index (χ3n) is 8.37.